The Morgan fingerprint density at radius 3 is 2.59 bits per heavy atom. The van der Waals surface area contributed by atoms with Crippen molar-refractivity contribution in [1.29, 1.82) is 0 Å². The van der Waals surface area contributed by atoms with Crippen molar-refractivity contribution in [2.24, 2.45) is 5.10 Å². The summed E-state index contributed by atoms with van der Waals surface area (Å²) < 4.78 is 7.70. The van der Waals surface area contributed by atoms with E-state index in [2.05, 4.69) is 21.0 Å². The van der Waals surface area contributed by atoms with Gasteiger partial charge in [0, 0.05) is 22.0 Å². The van der Waals surface area contributed by atoms with Gasteiger partial charge in [-0.2, -0.15) is 9.78 Å². The molecule has 12 heteroatoms. The van der Waals surface area contributed by atoms with Crippen molar-refractivity contribution in [3.05, 3.63) is 107 Å². The number of nitro benzene ring substituents is 1. The maximum absolute atomic E-state index is 13.5. The molecule has 1 aliphatic carbocycles. The van der Waals surface area contributed by atoms with Crippen molar-refractivity contribution in [1.82, 2.24) is 9.66 Å². The van der Waals surface area contributed by atoms with Gasteiger partial charge < -0.3 is 9.84 Å². The molecule has 1 aliphatic rings. The van der Waals surface area contributed by atoms with Crippen molar-refractivity contribution < 1.29 is 19.6 Å². The highest BCUT2D eigenvalue weighted by atomic mass is 79.9. The second kappa shape index (κ2) is 12.2. The Kier molecular flexibility index (Phi) is 8.46. The van der Waals surface area contributed by atoms with Crippen LogP contribution in [-0.4, -0.2) is 31.9 Å². The summed E-state index contributed by atoms with van der Waals surface area (Å²) in [6.45, 7) is -0.0631. The van der Waals surface area contributed by atoms with Gasteiger partial charge in [-0.1, -0.05) is 58.9 Å². The van der Waals surface area contributed by atoms with Crippen LogP contribution in [0, 0.1) is 10.1 Å². The minimum Gasteiger partial charge on any atom is -0.481 e. The monoisotopic (exact) mass is 638 g/mol. The second-order valence-electron chi connectivity index (χ2n) is 9.73. The molecule has 0 amide bonds. The number of carbonyl (C=O) groups is 1. The predicted molar refractivity (Wildman–Crippen MR) is 158 cm³/mol. The number of nitro groups is 1. The van der Waals surface area contributed by atoms with Crippen LogP contribution in [0.15, 0.2) is 69.0 Å². The van der Waals surface area contributed by atoms with Crippen molar-refractivity contribution in [2.75, 3.05) is 0 Å². The first-order valence-electron chi connectivity index (χ1n) is 12.9. The lowest BCUT2D eigenvalue weighted by Crippen LogP contribution is -2.25. The molecule has 1 N–H and O–H groups in total. The van der Waals surface area contributed by atoms with Crippen molar-refractivity contribution in [2.45, 2.75) is 44.6 Å². The molecular weight excluding hydrogens is 616 g/mol. The molecule has 1 aromatic heterocycles. The largest absolute Gasteiger partial charge is 0.481 e. The molecule has 0 spiro atoms. The zero-order valence-corrected chi connectivity index (χ0v) is 24.0. The zero-order chi connectivity index (χ0) is 29.1. The van der Waals surface area contributed by atoms with Crippen molar-refractivity contribution in [3.63, 3.8) is 0 Å². The Balaban J connectivity index is 1.49. The fourth-order valence-electron chi connectivity index (χ4n) is 4.88. The fraction of sp³-hybridized carbons (Fsp3) is 0.241. The molecule has 1 heterocycles. The van der Waals surface area contributed by atoms with Crippen molar-refractivity contribution >= 4 is 56.3 Å². The van der Waals surface area contributed by atoms with E-state index in [0.717, 1.165) is 36.6 Å². The summed E-state index contributed by atoms with van der Waals surface area (Å²) >= 11 is 9.82. The third-order valence-electron chi connectivity index (χ3n) is 6.95. The van der Waals surface area contributed by atoms with Gasteiger partial charge in [0.25, 0.3) is 5.56 Å². The Bertz CT molecular complexity index is 1730. The Labute approximate surface area is 247 Å². The molecule has 210 valence electrons. The van der Waals surface area contributed by atoms with E-state index in [1.807, 2.05) is 6.07 Å². The Morgan fingerprint density at radius 1 is 1.17 bits per heavy atom. The van der Waals surface area contributed by atoms with E-state index in [1.165, 1.54) is 35.2 Å². The summed E-state index contributed by atoms with van der Waals surface area (Å²) in [6.07, 6.45) is 6.35. The quantitative estimate of drug-likeness (QED) is 0.125. The molecule has 0 unspecified atom stereocenters. The molecule has 0 bridgehead atoms. The fourth-order valence-corrected chi connectivity index (χ4v) is 5.52. The van der Waals surface area contributed by atoms with Gasteiger partial charge in [-0.05, 0) is 54.8 Å². The van der Waals surface area contributed by atoms with E-state index in [0.29, 0.717) is 27.9 Å². The molecule has 1 saturated carbocycles. The normalized spacial score (nSPS) is 14.0. The first kappa shape index (κ1) is 28.4. The van der Waals surface area contributed by atoms with E-state index in [1.54, 1.807) is 24.3 Å². The maximum Gasteiger partial charge on any atom is 0.335 e. The van der Waals surface area contributed by atoms with Gasteiger partial charge in [-0.15, -0.1) is 0 Å². The highest BCUT2D eigenvalue weighted by molar-refractivity contribution is 9.10. The summed E-state index contributed by atoms with van der Waals surface area (Å²) in [7, 11) is 0. The number of aromatic nitrogens is 2. The average molecular weight is 640 g/mol. The highest BCUT2D eigenvalue weighted by Crippen LogP contribution is 2.37. The number of aromatic carboxylic acids is 1. The molecule has 0 radical (unpaired) electrons. The minimum atomic E-state index is -1.06. The van der Waals surface area contributed by atoms with Gasteiger partial charge in [0.1, 0.15) is 12.4 Å². The lowest BCUT2D eigenvalue weighted by Gasteiger charge is -2.22. The number of fused-ring (bicyclic) bond motifs is 1. The third kappa shape index (κ3) is 6.31. The van der Waals surface area contributed by atoms with Crippen LogP contribution in [0.2, 0.25) is 5.02 Å². The number of nitrogens with zero attached hydrogens (tertiary/aromatic N) is 4. The van der Waals surface area contributed by atoms with Crippen LogP contribution in [0.3, 0.4) is 0 Å². The van der Waals surface area contributed by atoms with Gasteiger partial charge in [-0.3, -0.25) is 14.9 Å². The van der Waals surface area contributed by atoms with E-state index < -0.39 is 10.9 Å². The molecule has 41 heavy (non-hydrogen) atoms. The van der Waals surface area contributed by atoms with Crippen LogP contribution in [-0.2, 0) is 6.61 Å². The number of hydrogen-bond acceptors (Lipinski definition) is 7. The van der Waals surface area contributed by atoms with Crippen molar-refractivity contribution in [3.8, 4) is 5.75 Å². The van der Waals surface area contributed by atoms with Crippen LogP contribution in [0.1, 0.15) is 65.3 Å². The van der Waals surface area contributed by atoms with Crippen LogP contribution in [0.5, 0.6) is 5.75 Å². The lowest BCUT2D eigenvalue weighted by atomic mass is 9.88. The van der Waals surface area contributed by atoms with Gasteiger partial charge in [0.05, 0.1) is 32.6 Å². The van der Waals surface area contributed by atoms with Gasteiger partial charge in [0.15, 0.2) is 0 Å². The van der Waals surface area contributed by atoms with E-state index in [9.17, 15) is 19.7 Å². The first-order valence-corrected chi connectivity index (χ1v) is 14.1. The summed E-state index contributed by atoms with van der Waals surface area (Å²) in [5.41, 5.74) is 0.903. The zero-order valence-electron chi connectivity index (χ0n) is 21.6. The van der Waals surface area contributed by atoms with Gasteiger partial charge in [-0.25, -0.2) is 9.78 Å². The topological polar surface area (TPSA) is 137 Å². The van der Waals surface area contributed by atoms with Crippen LogP contribution < -0.4 is 10.3 Å². The van der Waals surface area contributed by atoms with Crippen LogP contribution >= 0.6 is 27.5 Å². The maximum atomic E-state index is 13.5. The predicted octanol–water partition coefficient (Wildman–Crippen LogP) is 6.93. The van der Waals surface area contributed by atoms with E-state index in [4.69, 9.17) is 26.4 Å². The molecule has 5 rings (SSSR count). The summed E-state index contributed by atoms with van der Waals surface area (Å²) in [6, 6.07) is 14.0. The van der Waals surface area contributed by atoms with E-state index >= 15 is 0 Å². The molecule has 0 atom stereocenters. The Hall–Kier alpha value is -4.09. The third-order valence-corrected chi connectivity index (χ3v) is 7.73. The minimum absolute atomic E-state index is 0.0109. The smallest absolute Gasteiger partial charge is 0.335 e. The molecular formula is C29H24BrClN4O6. The molecule has 4 aromatic rings. The van der Waals surface area contributed by atoms with Crippen LogP contribution in [0.25, 0.3) is 10.9 Å². The standard InChI is InChI=1S/C29H24BrClN4O6/c30-21-10-11-24-22(14-21)28(36)34(27(33-24)19-4-2-1-3-5-19)32-15-18-12-23(31)26(25(13-18)35(39)40)41-16-17-6-8-20(9-7-17)29(37)38/h6-15,19H,1-5,16H2,(H,37,38). The second-order valence-corrected chi connectivity index (χ2v) is 11.0. The SMILES string of the molecule is O=C(O)c1ccc(COc2c(Cl)cc(C=Nn3c(C4CCCCC4)nc4ccc(Br)cc4c3=O)cc2[N+](=O)[O-])cc1. The Morgan fingerprint density at radius 2 is 1.90 bits per heavy atom. The molecule has 3 aromatic carbocycles. The number of ether oxygens (including phenoxy) is 1. The number of halogens is 2. The number of carboxylic acids is 1. The summed E-state index contributed by atoms with van der Waals surface area (Å²) in [4.78, 5) is 40.7. The first-order chi connectivity index (χ1) is 19.7. The molecule has 10 nitrogen and oxygen atoms in total. The van der Waals surface area contributed by atoms with Gasteiger partial charge >= 0.3 is 11.7 Å². The van der Waals surface area contributed by atoms with Gasteiger partial charge in [0.2, 0.25) is 5.75 Å². The lowest BCUT2D eigenvalue weighted by molar-refractivity contribution is -0.385. The number of benzene rings is 3. The van der Waals surface area contributed by atoms with E-state index in [-0.39, 0.29) is 40.1 Å². The molecule has 0 aliphatic heterocycles. The average Bonchev–Trinajstić information content (AvgIpc) is 2.96. The highest BCUT2D eigenvalue weighted by Gasteiger charge is 2.24. The number of carboxylic acid groups (broad SMARTS) is 1. The van der Waals surface area contributed by atoms with Crippen LogP contribution in [0.4, 0.5) is 5.69 Å². The number of hydrogen-bond donors (Lipinski definition) is 1. The molecule has 1 fully saturated rings. The number of rotatable bonds is 8. The molecule has 0 saturated heterocycles. The summed E-state index contributed by atoms with van der Waals surface area (Å²) in [5, 5.41) is 25.8. The summed E-state index contributed by atoms with van der Waals surface area (Å²) in [5.74, 6) is -0.558.